The van der Waals surface area contributed by atoms with E-state index < -0.39 is 23.2 Å². The first-order chi connectivity index (χ1) is 9.38. The molecule has 0 aliphatic rings. The lowest BCUT2D eigenvalue weighted by molar-refractivity contribution is 0.0992. The summed E-state index contributed by atoms with van der Waals surface area (Å²) >= 11 is 11.5. The lowest BCUT2D eigenvalue weighted by Crippen LogP contribution is -2.06. The fraction of sp³-hybridized carbons (Fsp3) is 0.0714. The Bertz CT molecular complexity index is 663. The molecule has 104 valence electrons. The first kappa shape index (κ1) is 14.9. The van der Waals surface area contributed by atoms with E-state index >= 15 is 0 Å². The fourth-order valence-corrected chi connectivity index (χ4v) is 1.97. The lowest BCUT2D eigenvalue weighted by atomic mass is 10.0. The average Bonchev–Trinajstić information content (AvgIpc) is 2.39. The molecule has 0 saturated carbocycles. The standard InChI is InChI=1S/C14H7Cl2F3O/c15-9-2-1-7(3-10(9)16)4-13(20)8-5-11(17)14(19)12(18)6-8/h1-3,5-6H,4H2. The monoisotopic (exact) mass is 318 g/mol. The zero-order valence-corrected chi connectivity index (χ0v) is 11.4. The molecule has 20 heavy (non-hydrogen) atoms. The van der Waals surface area contributed by atoms with Crippen LogP contribution >= 0.6 is 23.2 Å². The van der Waals surface area contributed by atoms with Gasteiger partial charge in [-0.25, -0.2) is 13.2 Å². The zero-order valence-electron chi connectivity index (χ0n) is 9.89. The first-order valence-electron chi connectivity index (χ1n) is 5.50. The Labute approximate surface area is 122 Å². The van der Waals surface area contributed by atoms with Crippen molar-refractivity contribution in [2.75, 3.05) is 0 Å². The molecule has 0 unspecified atom stereocenters. The number of carbonyl (C=O) groups excluding carboxylic acids is 1. The second-order valence-corrected chi connectivity index (χ2v) is 4.92. The van der Waals surface area contributed by atoms with Gasteiger partial charge in [-0.15, -0.1) is 0 Å². The number of rotatable bonds is 3. The van der Waals surface area contributed by atoms with Crippen molar-refractivity contribution < 1.29 is 18.0 Å². The van der Waals surface area contributed by atoms with Gasteiger partial charge in [0, 0.05) is 12.0 Å². The highest BCUT2D eigenvalue weighted by Gasteiger charge is 2.15. The molecular formula is C14H7Cl2F3O. The van der Waals surface area contributed by atoms with Crippen molar-refractivity contribution in [3.8, 4) is 0 Å². The van der Waals surface area contributed by atoms with Gasteiger partial charge < -0.3 is 0 Å². The van der Waals surface area contributed by atoms with Crippen LogP contribution in [0.4, 0.5) is 13.2 Å². The Morgan fingerprint density at radius 1 is 0.950 bits per heavy atom. The second-order valence-electron chi connectivity index (χ2n) is 4.10. The predicted octanol–water partition coefficient (Wildman–Crippen LogP) is 4.84. The van der Waals surface area contributed by atoms with Crippen molar-refractivity contribution >= 4 is 29.0 Å². The number of hydrogen-bond donors (Lipinski definition) is 0. The Morgan fingerprint density at radius 2 is 1.55 bits per heavy atom. The minimum Gasteiger partial charge on any atom is -0.294 e. The van der Waals surface area contributed by atoms with Crippen LogP contribution in [0.5, 0.6) is 0 Å². The predicted molar refractivity (Wildman–Crippen MR) is 70.8 cm³/mol. The molecule has 0 saturated heterocycles. The van der Waals surface area contributed by atoms with Gasteiger partial charge in [0.25, 0.3) is 0 Å². The molecule has 0 aliphatic carbocycles. The molecule has 2 aromatic carbocycles. The third-order valence-corrected chi connectivity index (χ3v) is 3.39. The molecule has 2 rings (SSSR count). The first-order valence-corrected chi connectivity index (χ1v) is 6.25. The molecule has 1 nitrogen and oxygen atoms in total. The smallest absolute Gasteiger partial charge is 0.194 e. The van der Waals surface area contributed by atoms with E-state index in [1.807, 2.05) is 0 Å². The Balaban J connectivity index is 2.26. The van der Waals surface area contributed by atoms with Gasteiger partial charge in [-0.3, -0.25) is 4.79 Å². The highest BCUT2D eigenvalue weighted by atomic mass is 35.5. The van der Waals surface area contributed by atoms with E-state index in [9.17, 15) is 18.0 Å². The van der Waals surface area contributed by atoms with Crippen molar-refractivity contribution in [3.05, 3.63) is 69.0 Å². The third kappa shape index (κ3) is 3.14. The fourth-order valence-electron chi connectivity index (χ4n) is 1.65. The highest BCUT2D eigenvalue weighted by molar-refractivity contribution is 6.42. The van der Waals surface area contributed by atoms with Crippen molar-refractivity contribution in [1.29, 1.82) is 0 Å². The molecule has 6 heteroatoms. The second kappa shape index (κ2) is 5.85. The lowest BCUT2D eigenvalue weighted by Gasteiger charge is -2.04. The Morgan fingerprint density at radius 3 is 2.10 bits per heavy atom. The Hall–Kier alpha value is -1.52. The summed E-state index contributed by atoms with van der Waals surface area (Å²) in [6, 6.07) is 5.90. The number of Topliss-reactive ketones (excluding diaryl/α,β-unsaturated/α-hetero) is 1. The van der Waals surface area contributed by atoms with Crippen LogP contribution in [0, 0.1) is 17.5 Å². The summed E-state index contributed by atoms with van der Waals surface area (Å²) < 4.78 is 38.9. The van der Waals surface area contributed by atoms with Crippen LogP contribution in [0.15, 0.2) is 30.3 Å². The molecule has 0 radical (unpaired) electrons. The molecule has 0 aromatic heterocycles. The summed E-state index contributed by atoms with van der Waals surface area (Å²) in [6.45, 7) is 0. The van der Waals surface area contributed by atoms with Crippen LogP contribution in [0.2, 0.25) is 10.0 Å². The normalized spacial score (nSPS) is 10.7. The zero-order chi connectivity index (χ0) is 14.9. The largest absolute Gasteiger partial charge is 0.294 e. The van der Waals surface area contributed by atoms with Gasteiger partial charge >= 0.3 is 0 Å². The molecule has 0 fully saturated rings. The molecule has 0 N–H and O–H groups in total. The SMILES string of the molecule is O=C(Cc1ccc(Cl)c(Cl)c1)c1cc(F)c(F)c(F)c1. The van der Waals surface area contributed by atoms with E-state index in [0.717, 1.165) is 0 Å². The van der Waals surface area contributed by atoms with Crippen LogP contribution in [0.25, 0.3) is 0 Å². The molecule has 0 heterocycles. The van der Waals surface area contributed by atoms with E-state index in [-0.39, 0.29) is 17.0 Å². The summed E-state index contributed by atoms with van der Waals surface area (Å²) in [7, 11) is 0. The maximum Gasteiger partial charge on any atom is 0.194 e. The number of benzene rings is 2. The van der Waals surface area contributed by atoms with Gasteiger partial charge in [-0.1, -0.05) is 29.3 Å². The van der Waals surface area contributed by atoms with E-state index in [1.165, 1.54) is 12.1 Å². The van der Waals surface area contributed by atoms with Gasteiger partial charge in [0.1, 0.15) is 0 Å². The number of carbonyl (C=O) groups is 1. The summed E-state index contributed by atoms with van der Waals surface area (Å²) in [4.78, 5) is 11.9. The molecular weight excluding hydrogens is 312 g/mol. The van der Waals surface area contributed by atoms with Gasteiger partial charge in [-0.05, 0) is 29.8 Å². The Kier molecular flexibility index (Phi) is 4.35. The van der Waals surface area contributed by atoms with Gasteiger partial charge in [-0.2, -0.15) is 0 Å². The van der Waals surface area contributed by atoms with Crippen LogP contribution in [-0.2, 0) is 6.42 Å². The van der Waals surface area contributed by atoms with Crippen molar-refractivity contribution in [1.82, 2.24) is 0 Å². The quantitative estimate of drug-likeness (QED) is 0.585. The number of halogens is 5. The number of ketones is 1. The van der Waals surface area contributed by atoms with Crippen molar-refractivity contribution in [2.24, 2.45) is 0 Å². The van der Waals surface area contributed by atoms with Crippen LogP contribution in [0.3, 0.4) is 0 Å². The minimum absolute atomic E-state index is 0.124. The van der Waals surface area contributed by atoms with Crippen LogP contribution in [0.1, 0.15) is 15.9 Å². The van der Waals surface area contributed by atoms with E-state index in [1.54, 1.807) is 6.07 Å². The maximum absolute atomic E-state index is 13.1. The van der Waals surface area contributed by atoms with Crippen molar-refractivity contribution in [3.63, 3.8) is 0 Å². The van der Waals surface area contributed by atoms with Crippen molar-refractivity contribution in [2.45, 2.75) is 6.42 Å². The molecule has 0 bridgehead atoms. The highest BCUT2D eigenvalue weighted by Crippen LogP contribution is 2.23. The molecule has 2 aromatic rings. The van der Waals surface area contributed by atoms with Gasteiger partial charge in [0.2, 0.25) is 0 Å². The maximum atomic E-state index is 13.1. The number of hydrogen-bond acceptors (Lipinski definition) is 1. The minimum atomic E-state index is -1.60. The van der Waals surface area contributed by atoms with Gasteiger partial charge in [0.05, 0.1) is 10.0 Å². The van der Waals surface area contributed by atoms with Crippen LogP contribution < -0.4 is 0 Å². The van der Waals surface area contributed by atoms with E-state index in [2.05, 4.69) is 0 Å². The summed E-state index contributed by atoms with van der Waals surface area (Å²) in [5.41, 5.74) is 0.294. The van der Waals surface area contributed by atoms with E-state index in [4.69, 9.17) is 23.2 Å². The summed E-state index contributed by atoms with van der Waals surface area (Å²) in [5.74, 6) is -4.96. The summed E-state index contributed by atoms with van der Waals surface area (Å²) in [5, 5.41) is 0.607. The average molecular weight is 319 g/mol. The molecule has 0 aliphatic heterocycles. The molecule has 0 amide bonds. The topological polar surface area (TPSA) is 17.1 Å². The van der Waals surface area contributed by atoms with E-state index in [0.29, 0.717) is 22.7 Å². The summed E-state index contributed by atoms with van der Waals surface area (Å²) in [6.07, 6.45) is -0.124. The third-order valence-electron chi connectivity index (χ3n) is 2.65. The molecule has 0 spiro atoms. The molecule has 0 atom stereocenters. The van der Waals surface area contributed by atoms with Crippen LogP contribution in [-0.4, -0.2) is 5.78 Å². The van der Waals surface area contributed by atoms with Gasteiger partial charge in [0.15, 0.2) is 23.2 Å².